The minimum atomic E-state index is -0.802. The van der Waals surface area contributed by atoms with Crippen LogP contribution in [0.5, 0.6) is 0 Å². The van der Waals surface area contributed by atoms with Gasteiger partial charge in [0.1, 0.15) is 0 Å². The van der Waals surface area contributed by atoms with E-state index in [1.165, 1.54) is 0 Å². The van der Waals surface area contributed by atoms with E-state index in [2.05, 4.69) is 71.3 Å². The molecule has 0 aliphatic carbocycles. The average molecular weight is 722 g/mol. The summed E-state index contributed by atoms with van der Waals surface area (Å²) in [5, 5.41) is 21.5. The van der Waals surface area contributed by atoms with Crippen molar-refractivity contribution in [2.24, 2.45) is 0 Å². The molecule has 9 heteroatoms. The van der Waals surface area contributed by atoms with Crippen LogP contribution in [0.3, 0.4) is 0 Å². The molecule has 6 N–H and O–H groups in total. The second-order valence-corrected chi connectivity index (χ2v) is 13.2. The van der Waals surface area contributed by atoms with Gasteiger partial charge < -0.3 is 30.4 Å². The van der Waals surface area contributed by atoms with Gasteiger partial charge >= 0.3 is 103 Å². The number of nitrogens with one attached hydrogen (secondary N) is 2. The van der Waals surface area contributed by atoms with Gasteiger partial charge in [0.05, 0.1) is 0 Å². The summed E-state index contributed by atoms with van der Waals surface area (Å²) in [7, 11) is 0. The Balaban J connectivity index is 0.000000205. The van der Waals surface area contributed by atoms with Crippen LogP contribution in [0.4, 0.5) is 0 Å². The molecule has 0 unspecified atom stereocenters. The molecular weight excluding hydrogens is 692 g/mol. The fourth-order valence-corrected chi connectivity index (χ4v) is 7.00. The van der Waals surface area contributed by atoms with Crippen LogP contribution >= 0.6 is 0 Å². The van der Waals surface area contributed by atoms with Crippen molar-refractivity contribution >= 4 is 54.2 Å². The Morgan fingerprint density at radius 3 is 1.10 bits per heavy atom. The van der Waals surface area contributed by atoms with Gasteiger partial charge in [0.15, 0.2) is 13.1 Å². The standard InChI is InChI=1S/2C9H9NO3.2C6H5.Pb/c2*11-8(12)6-10-9(13)7-4-2-1-3-5-7;2*1-2-4-6-5-3-1;/h2*1-5H,6H2,(H,10,13)(H,11,12);2*1-5H;/q;;;;+2/p+2. The Bertz CT molecular complexity index is 1200. The molecule has 0 saturated heterocycles. The SMILES string of the molecule is O=C(NCC(O)=[OH+])c1ccccc1.O=C(NCC(O)=[OH+])c1ccccc1.c1cc[c]([Pb+2][c]2ccccc2)cc1. The fourth-order valence-electron chi connectivity index (χ4n) is 2.91. The number of carboxylic acid groups (broad SMARTS) is 2. The molecule has 4 aromatic carbocycles. The third-order valence-corrected chi connectivity index (χ3v) is 9.56. The predicted octanol–water partition coefficient (Wildman–Crippen LogP) is 2.30. The Hall–Kier alpha value is -4.32. The molecule has 2 amide bonds. The van der Waals surface area contributed by atoms with Crippen molar-refractivity contribution in [2.75, 3.05) is 13.1 Å². The number of rotatable bonds is 8. The molecule has 0 aromatic heterocycles. The zero-order valence-corrected chi connectivity index (χ0v) is 25.0. The molecule has 196 valence electrons. The summed E-state index contributed by atoms with van der Waals surface area (Å²) in [6, 6.07) is 38.8. The molecular formula is C30H30N2O6Pb+4. The molecule has 4 rings (SSSR count). The van der Waals surface area contributed by atoms with Crippen molar-refractivity contribution in [2.45, 2.75) is 0 Å². The number of aliphatic carboxylic acids is 2. The van der Waals surface area contributed by atoms with E-state index >= 15 is 0 Å². The van der Waals surface area contributed by atoms with Crippen LogP contribution < -0.4 is 16.9 Å². The predicted molar refractivity (Wildman–Crippen MR) is 155 cm³/mol. The normalized spacial score (nSPS) is 9.23. The van der Waals surface area contributed by atoms with Crippen molar-refractivity contribution < 1.29 is 29.4 Å². The molecule has 0 radical (unpaired) electrons. The second kappa shape index (κ2) is 18.0. The summed E-state index contributed by atoms with van der Waals surface area (Å²) in [6.45, 7) is -0.485. The van der Waals surface area contributed by atoms with E-state index in [1.807, 2.05) is 0 Å². The van der Waals surface area contributed by atoms with Gasteiger partial charge in [-0.1, -0.05) is 36.4 Å². The maximum absolute atomic E-state index is 11.2. The molecule has 0 heterocycles. The monoisotopic (exact) mass is 722 g/mol. The van der Waals surface area contributed by atoms with Crippen LogP contribution in [0.15, 0.2) is 121 Å². The zero-order valence-electron chi connectivity index (χ0n) is 21.1. The van der Waals surface area contributed by atoms with Gasteiger partial charge in [-0.25, -0.2) is 0 Å². The second-order valence-electron chi connectivity index (χ2n) is 7.79. The summed E-state index contributed by atoms with van der Waals surface area (Å²) in [5.41, 5.74) is 0.979. The summed E-state index contributed by atoms with van der Waals surface area (Å²) in [4.78, 5) is 39.2. The van der Waals surface area contributed by atoms with Crippen LogP contribution in [0.2, 0.25) is 0 Å². The van der Waals surface area contributed by atoms with E-state index in [4.69, 9.17) is 19.8 Å². The van der Waals surface area contributed by atoms with Gasteiger partial charge in [0.25, 0.3) is 11.8 Å². The first-order valence-corrected chi connectivity index (χ1v) is 15.7. The first kappa shape index (κ1) is 30.9. The van der Waals surface area contributed by atoms with Crippen LogP contribution in [-0.4, -0.2) is 80.9 Å². The average Bonchev–Trinajstić information content (AvgIpc) is 2.97. The quantitative estimate of drug-likeness (QED) is 0.164. The van der Waals surface area contributed by atoms with E-state index in [-0.39, 0.29) is 24.9 Å². The van der Waals surface area contributed by atoms with Crippen molar-refractivity contribution in [3.8, 4) is 0 Å². The Labute approximate surface area is 238 Å². The number of hydrogen-bond acceptors (Lipinski definition) is 2. The zero-order chi connectivity index (χ0) is 28.3. The summed E-state index contributed by atoms with van der Waals surface area (Å²) in [6.07, 6.45) is 0. The molecule has 0 aliphatic heterocycles. The molecule has 0 atom stereocenters. The van der Waals surface area contributed by atoms with E-state index in [1.54, 1.807) is 66.9 Å². The van der Waals surface area contributed by atoms with Gasteiger partial charge in [-0.3, -0.25) is 9.59 Å². The third-order valence-electron chi connectivity index (χ3n) is 4.72. The number of carboxylic acids is 2. The van der Waals surface area contributed by atoms with Gasteiger partial charge in [0, 0.05) is 11.1 Å². The molecule has 0 saturated carbocycles. The van der Waals surface area contributed by atoms with Crippen molar-refractivity contribution in [1.82, 2.24) is 10.6 Å². The topological polar surface area (TPSA) is 141 Å². The maximum atomic E-state index is 11.2. The van der Waals surface area contributed by atoms with Gasteiger partial charge in [-0.2, -0.15) is 0 Å². The number of aliphatic hydroxyl groups excluding tert-OH is 2. The van der Waals surface area contributed by atoms with Crippen molar-refractivity contribution in [3.05, 3.63) is 132 Å². The Morgan fingerprint density at radius 2 is 0.821 bits per heavy atom. The number of carbonyl (C=O) groups excluding carboxylic acids is 2. The van der Waals surface area contributed by atoms with E-state index < -0.39 is 36.2 Å². The fraction of sp³-hybridized carbons (Fsp3) is 0.0667. The van der Waals surface area contributed by atoms with Gasteiger partial charge in [0.2, 0.25) is 0 Å². The molecule has 0 fully saturated rings. The molecule has 0 bridgehead atoms. The summed E-state index contributed by atoms with van der Waals surface area (Å²) in [5.74, 6) is -2.27. The number of benzene rings is 4. The van der Waals surface area contributed by atoms with Crippen LogP contribution in [0, 0.1) is 0 Å². The van der Waals surface area contributed by atoms with E-state index in [0.717, 1.165) is 0 Å². The number of amides is 2. The van der Waals surface area contributed by atoms with Gasteiger partial charge in [-0.05, 0) is 24.3 Å². The Kier molecular flexibility index (Phi) is 14.3. The van der Waals surface area contributed by atoms with Crippen molar-refractivity contribution in [1.29, 1.82) is 0 Å². The van der Waals surface area contributed by atoms with Crippen LogP contribution in [0.1, 0.15) is 20.7 Å². The molecule has 0 spiro atoms. The van der Waals surface area contributed by atoms with Crippen LogP contribution in [0.25, 0.3) is 0 Å². The van der Waals surface area contributed by atoms with Crippen LogP contribution in [-0.2, 0) is 0 Å². The van der Waals surface area contributed by atoms with E-state index in [9.17, 15) is 9.59 Å². The van der Waals surface area contributed by atoms with Crippen molar-refractivity contribution in [3.63, 3.8) is 0 Å². The summed E-state index contributed by atoms with van der Waals surface area (Å²) < 4.78 is 3.13. The summed E-state index contributed by atoms with van der Waals surface area (Å²) >= 11 is -0.740. The number of carbonyl (C=O) groups is 2. The molecule has 39 heavy (non-hydrogen) atoms. The van der Waals surface area contributed by atoms with E-state index in [0.29, 0.717) is 11.1 Å². The van der Waals surface area contributed by atoms with Gasteiger partial charge in [-0.15, -0.1) is 0 Å². The molecule has 0 aliphatic rings. The Morgan fingerprint density at radius 1 is 0.538 bits per heavy atom. The minimum absolute atomic E-state index is 0.242. The molecule has 4 aromatic rings. The molecule has 8 nitrogen and oxygen atoms in total. The third kappa shape index (κ3) is 13.7. The number of hydrogen-bond donors (Lipinski definition) is 4. The first-order chi connectivity index (χ1) is 18.8. The first-order valence-electron chi connectivity index (χ1n) is 11.9.